The van der Waals surface area contributed by atoms with Gasteiger partial charge in [-0.25, -0.2) is 0 Å². The lowest BCUT2D eigenvalue weighted by Crippen LogP contribution is -2.30. The summed E-state index contributed by atoms with van der Waals surface area (Å²) in [7, 11) is 0. The molecule has 4 aromatic rings. The highest BCUT2D eigenvalue weighted by Gasteiger charge is 2.19. The van der Waals surface area contributed by atoms with Gasteiger partial charge in [0.1, 0.15) is 5.70 Å². The first kappa shape index (κ1) is 31.7. The van der Waals surface area contributed by atoms with Crippen molar-refractivity contribution in [2.75, 3.05) is 10.6 Å². The number of nitrogens with zero attached hydrogens (tertiary/aromatic N) is 1. The number of thioether (sulfide) groups is 1. The van der Waals surface area contributed by atoms with Crippen LogP contribution in [0.15, 0.2) is 114 Å². The van der Waals surface area contributed by atoms with Gasteiger partial charge in [0.15, 0.2) is 0 Å². The molecular weight excluding hydrogens is 576 g/mol. The number of anilines is 2. The maximum Gasteiger partial charge on any atom is 0.276 e. The second-order valence-electron chi connectivity index (χ2n) is 10.2. The predicted octanol–water partition coefficient (Wildman–Crippen LogP) is 7.25. The molecule has 0 aliphatic carbocycles. The Morgan fingerprint density at radius 1 is 0.773 bits per heavy atom. The van der Waals surface area contributed by atoms with Gasteiger partial charge in [-0.1, -0.05) is 56.3 Å². The third-order valence-corrected chi connectivity index (χ3v) is 7.71. The molecule has 224 valence electrons. The van der Waals surface area contributed by atoms with E-state index in [-0.39, 0.29) is 28.1 Å². The van der Waals surface area contributed by atoms with E-state index in [4.69, 9.17) is 0 Å². The molecule has 1 unspecified atom stereocenters. The Labute approximate surface area is 259 Å². The molecule has 0 fully saturated rings. The lowest BCUT2D eigenvalue weighted by atomic mass is 10.0. The van der Waals surface area contributed by atoms with Gasteiger partial charge in [0, 0.05) is 27.9 Å². The van der Waals surface area contributed by atoms with E-state index in [1.807, 2.05) is 31.2 Å². The largest absolute Gasteiger partial charge is 0.325 e. The van der Waals surface area contributed by atoms with Gasteiger partial charge in [-0.15, -0.1) is 11.8 Å². The number of carbonyl (C=O) groups is 3. The van der Waals surface area contributed by atoms with Gasteiger partial charge in [-0.2, -0.15) is 0 Å². The van der Waals surface area contributed by atoms with Gasteiger partial charge in [0.2, 0.25) is 5.91 Å². The van der Waals surface area contributed by atoms with Crippen molar-refractivity contribution in [3.8, 4) is 0 Å². The van der Waals surface area contributed by atoms with Gasteiger partial charge in [-0.05, 0) is 79.1 Å². The van der Waals surface area contributed by atoms with E-state index in [1.54, 1.807) is 60.7 Å². The quantitative estimate of drug-likeness (QED) is 0.0712. The highest BCUT2D eigenvalue weighted by atomic mass is 32.2. The second kappa shape index (κ2) is 14.8. The third kappa shape index (κ3) is 8.65. The van der Waals surface area contributed by atoms with Crippen LogP contribution in [0.3, 0.4) is 0 Å². The molecular formula is C34H32N4O5S. The lowest BCUT2D eigenvalue weighted by Gasteiger charge is -2.14. The number of nitrogens with one attached hydrogen (secondary N) is 3. The minimum Gasteiger partial charge on any atom is -0.325 e. The Balaban J connectivity index is 1.45. The van der Waals surface area contributed by atoms with Crippen LogP contribution >= 0.6 is 11.8 Å². The van der Waals surface area contributed by atoms with Crippen molar-refractivity contribution in [3.05, 3.63) is 136 Å². The number of nitro benzene ring substituents is 1. The number of rotatable bonds is 11. The minimum atomic E-state index is -0.663. The summed E-state index contributed by atoms with van der Waals surface area (Å²) in [6.45, 7) is 6.04. The van der Waals surface area contributed by atoms with Crippen molar-refractivity contribution in [2.24, 2.45) is 0 Å². The number of amides is 3. The molecule has 4 rings (SSSR count). The Hall–Kier alpha value is -5.22. The third-order valence-electron chi connectivity index (χ3n) is 6.60. The molecule has 1 atom stereocenters. The Morgan fingerprint density at radius 2 is 1.36 bits per heavy atom. The first-order valence-electron chi connectivity index (χ1n) is 13.9. The van der Waals surface area contributed by atoms with Crippen LogP contribution in [0.25, 0.3) is 6.08 Å². The number of carbonyl (C=O) groups excluding carboxylic acids is 3. The Morgan fingerprint density at radius 3 is 2.00 bits per heavy atom. The fourth-order valence-corrected chi connectivity index (χ4v) is 5.01. The van der Waals surface area contributed by atoms with Crippen molar-refractivity contribution in [2.45, 2.75) is 36.8 Å². The molecule has 9 nitrogen and oxygen atoms in total. The van der Waals surface area contributed by atoms with Gasteiger partial charge >= 0.3 is 0 Å². The second-order valence-corrected chi connectivity index (χ2v) is 11.6. The highest BCUT2D eigenvalue weighted by Crippen LogP contribution is 2.27. The highest BCUT2D eigenvalue weighted by molar-refractivity contribution is 8.00. The number of hydrogen-bond acceptors (Lipinski definition) is 6. The summed E-state index contributed by atoms with van der Waals surface area (Å²) in [6.07, 6.45) is 1.27. The first-order valence-corrected chi connectivity index (χ1v) is 14.8. The van der Waals surface area contributed by atoms with E-state index in [1.165, 1.54) is 41.6 Å². The fourth-order valence-electron chi connectivity index (χ4n) is 4.14. The molecule has 0 aliphatic heterocycles. The van der Waals surface area contributed by atoms with Crippen LogP contribution in [0, 0.1) is 10.1 Å². The standard InChI is InChI=1S/C34H32N4O5S/c1-22(2)24-13-15-27(16-14-24)35-32(39)23(3)44-29-19-17-28(18-20-29)36-34(41)30(37-33(40)25-9-5-4-6-10-25)21-26-11-7-8-12-31(26)38(42)43/h4-23H,1-3H3,(H,35,39)(H,36,41)(H,37,40)/b30-21-. The van der Waals surface area contributed by atoms with Gasteiger partial charge in [0.05, 0.1) is 15.7 Å². The molecule has 0 radical (unpaired) electrons. The van der Waals surface area contributed by atoms with Crippen molar-refractivity contribution < 1.29 is 19.3 Å². The predicted molar refractivity (Wildman–Crippen MR) is 175 cm³/mol. The zero-order valence-electron chi connectivity index (χ0n) is 24.4. The summed E-state index contributed by atoms with van der Waals surface area (Å²) in [6, 6.07) is 28.9. The molecule has 0 aliphatic rings. The normalized spacial score (nSPS) is 11.9. The summed E-state index contributed by atoms with van der Waals surface area (Å²) in [4.78, 5) is 50.8. The number of benzene rings is 4. The van der Waals surface area contributed by atoms with E-state index in [9.17, 15) is 24.5 Å². The zero-order valence-corrected chi connectivity index (χ0v) is 25.3. The van der Waals surface area contributed by atoms with E-state index in [2.05, 4.69) is 29.8 Å². The summed E-state index contributed by atoms with van der Waals surface area (Å²) in [5.41, 5.74) is 2.46. The average molecular weight is 609 g/mol. The van der Waals surface area contributed by atoms with E-state index in [0.29, 0.717) is 17.2 Å². The van der Waals surface area contributed by atoms with Gasteiger partial charge in [0.25, 0.3) is 17.5 Å². The summed E-state index contributed by atoms with van der Waals surface area (Å²) < 4.78 is 0. The van der Waals surface area contributed by atoms with Crippen molar-refractivity contribution in [1.82, 2.24) is 5.32 Å². The van der Waals surface area contributed by atoms with Crippen LogP contribution < -0.4 is 16.0 Å². The SMILES string of the molecule is CC(Sc1ccc(NC(=O)/C(=C/c2ccccc2[N+](=O)[O-])NC(=O)c2ccccc2)cc1)C(=O)Nc1ccc(C(C)C)cc1. The molecule has 0 bridgehead atoms. The van der Waals surface area contributed by atoms with Crippen LogP contribution in [0.1, 0.15) is 48.2 Å². The van der Waals surface area contributed by atoms with Crippen LogP contribution in [0.2, 0.25) is 0 Å². The van der Waals surface area contributed by atoms with Crippen molar-refractivity contribution >= 4 is 52.6 Å². The summed E-state index contributed by atoms with van der Waals surface area (Å²) >= 11 is 1.37. The van der Waals surface area contributed by atoms with Crippen LogP contribution in [-0.2, 0) is 9.59 Å². The minimum absolute atomic E-state index is 0.136. The van der Waals surface area contributed by atoms with Crippen LogP contribution in [0.5, 0.6) is 0 Å². The maximum atomic E-state index is 13.3. The van der Waals surface area contributed by atoms with Gasteiger partial charge in [-0.3, -0.25) is 24.5 Å². The molecule has 44 heavy (non-hydrogen) atoms. The summed E-state index contributed by atoms with van der Waals surface area (Å²) in [5, 5.41) is 19.4. The smallest absolute Gasteiger partial charge is 0.276 e. The molecule has 0 saturated carbocycles. The molecule has 0 heterocycles. The molecule has 3 N–H and O–H groups in total. The number of para-hydroxylation sites is 1. The van der Waals surface area contributed by atoms with E-state index >= 15 is 0 Å². The number of hydrogen-bond donors (Lipinski definition) is 3. The Bertz CT molecular complexity index is 1670. The Kier molecular flexibility index (Phi) is 10.7. The van der Waals surface area contributed by atoms with Crippen molar-refractivity contribution in [1.29, 1.82) is 0 Å². The fraction of sp³-hybridized carbons (Fsp3) is 0.147. The lowest BCUT2D eigenvalue weighted by molar-refractivity contribution is -0.385. The molecule has 0 spiro atoms. The van der Waals surface area contributed by atoms with Crippen LogP contribution in [-0.4, -0.2) is 27.9 Å². The molecule has 10 heteroatoms. The topological polar surface area (TPSA) is 130 Å². The molecule has 3 amide bonds. The first-order chi connectivity index (χ1) is 21.1. The molecule has 4 aromatic carbocycles. The molecule has 0 aromatic heterocycles. The van der Waals surface area contributed by atoms with Gasteiger partial charge < -0.3 is 16.0 Å². The van der Waals surface area contributed by atoms with Crippen molar-refractivity contribution in [3.63, 3.8) is 0 Å². The van der Waals surface area contributed by atoms with E-state index < -0.39 is 16.7 Å². The van der Waals surface area contributed by atoms with E-state index in [0.717, 1.165) is 10.6 Å². The monoisotopic (exact) mass is 608 g/mol. The molecule has 0 saturated heterocycles. The summed E-state index contributed by atoms with van der Waals surface area (Å²) in [5.74, 6) is -0.934. The maximum absolute atomic E-state index is 13.3. The zero-order chi connectivity index (χ0) is 31.6. The number of nitro groups is 1. The average Bonchev–Trinajstić information content (AvgIpc) is 3.02. The van der Waals surface area contributed by atoms with Crippen LogP contribution in [0.4, 0.5) is 17.1 Å².